The quantitative estimate of drug-likeness (QED) is 0.837. The van der Waals surface area contributed by atoms with Gasteiger partial charge < -0.3 is 9.64 Å². The van der Waals surface area contributed by atoms with Crippen LogP contribution in [-0.4, -0.2) is 40.0 Å². The Balaban J connectivity index is 2.12. The number of ether oxygens (including phenoxy) is 1. The lowest BCUT2D eigenvalue weighted by Crippen LogP contribution is -2.39. The second-order valence-electron chi connectivity index (χ2n) is 4.97. The van der Waals surface area contributed by atoms with Crippen molar-refractivity contribution in [3.8, 4) is 0 Å². The van der Waals surface area contributed by atoms with Crippen LogP contribution >= 0.6 is 0 Å². The number of halogens is 2. The van der Waals surface area contributed by atoms with Crippen LogP contribution in [-0.2, 0) is 14.6 Å². The number of benzene rings is 1. The molecule has 4 nitrogen and oxygen atoms in total. The van der Waals surface area contributed by atoms with Crippen molar-refractivity contribution in [2.24, 2.45) is 0 Å². The normalized spacial score (nSPS) is 20.0. The molecular formula is C14H19F2NO3S. The second kappa shape index (κ2) is 6.70. The van der Waals surface area contributed by atoms with E-state index in [1.54, 1.807) is 12.1 Å². The van der Waals surface area contributed by atoms with Crippen LogP contribution in [0.1, 0.15) is 19.8 Å². The number of hydrogen-bond donors (Lipinski definition) is 0. The molecule has 1 aromatic carbocycles. The van der Waals surface area contributed by atoms with Gasteiger partial charge in [0.25, 0.3) is 0 Å². The zero-order valence-electron chi connectivity index (χ0n) is 11.8. The van der Waals surface area contributed by atoms with Gasteiger partial charge in [0.15, 0.2) is 0 Å². The lowest BCUT2D eigenvalue weighted by molar-refractivity contribution is 0.0527. The van der Waals surface area contributed by atoms with Crippen LogP contribution in [0.25, 0.3) is 0 Å². The lowest BCUT2D eigenvalue weighted by atomic mass is 10.1. The predicted octanol–water partition coefficient (Wildman–Crippen LogP) is 2.69. The Morgan fingerprint density at radius 1 is 1.33 bits per heavy atom. The third-order valence-corrected chi connectivity index (χ3v) is 4.94. The van der Waals surface area contributed by atoms with Gasteiger partial charge in [-0.25, -0.2) is 8.42 Å². The molecule has 118 valence electrons. The molecule has 0 radical (unpaired) electrons. The molecule has 1 aromatic rings. The topological polar surface area (TPSA) is 46.6 Å². The predicted molar refractivity (Wildman–Crippen MR) is 76.5 cm³/mol. The third-order valence-electron chi connectivity index (χ3n) is 3.55. The average Bonchev–Trinajstić information content (AvgIpc) is 2.48. The van der Waals surface area contributed by atoms with E-state index in [0.717, 1.165) is 31.6 Å². The molecule has 0 N–H and O–H groups in total. The first kappa shape index (κ1) is 16.2. The molecule has 0 aromatic heterocycles. The van der Waals surface area contributed by atoms with Gasteiger partial charge in [-0.15, -0.1) is 0 Å². The average molecular weight is 319 g/mol. The minimum absolute atomic E-state index is 0.160. The summed E-state index contributed by atoms with van der Waals surface area (Å²) in [5.74, 6) is -3.39. The van der Waals surface area contributed by atoms with E-state index in [1.165, 1.54) is 12.1 Å². The smallest absolute Gasteiger partial charge is 0.341 e. The number of alkyl halides is 2. The van der Waals surface area contributed by atoms with Crippen molar-refractivity contribution in [1.82, 2.24) is 0 Å². The standard InChI is InChI=1S/C14H19F2NO3S/c1-2-20-12-4-3-9-17(10-12)11-5-7-13(8-6-11)21(18,19)14(15)16/h5-8,12,14H,2-4,9-10H2,1H3. The molecule has 0 amide bonds. The summed E-state index contributed by atoms with van der Waals surface area (Å²) in [6.45, 7) is 4.19. The van der Waals surface area contributed by atoms with E-state index in [2.05, 4.69) is 4.90 Å². The Morgan fingerprint density at radius 3 is 2.57 bits per heavy atom. The fraction of sp³-hybridized carbons (Fsp3) is 0.571. The Hall–Kier alpha value is -1.21. The summed E-state index contributed by atoms with van der Waals surface area (Å²) in [7, 11) is -4.52. The molecule has 1 aliphatic heterocycles. The van der Waals surface area contributed by atoms with Gasteiger partial charge in [0.05, 0.1) is 11.0 Å². The van der Waals surface area contributed by atoms with Crippen LogP contribution < -0.4 is 4.90 Å². The van der Waals surface area contributed by atoms with E-state index in [1.807, 2.05) is 6.92 Å². The maximum Gasteiger partial charge on any atom is 0.341 e. The fourth-order valence-electron chi connectivity index (χ4n) is 2.49. The fourth-order valence-corrected chi connectivity index (χ4v) is 3.22. The van der Waals surface area contributed by atoms with E-state index >= 15 is 0 Å². The Labute approximate surface area is 123 Å². The van der Waals surface area contributed by atoms with E-state index in [-0.39, 0.29) is 11.0 Å². The van der Waals surface area contributed by atoms with Gasteiger partial charge >= 0.3 is 5.76 Å². The van der Waals surface area contributed by atoms with Crippen molar-refractivity contribution >= 4 is 15.5 Å². The van der Waals surface area contributed by atoms with Crippen LogP contribution in [0.3, 0.4) is 0 Å². The summed E-state index contributed by atoms with van der Waals surface area (Å²) in [4.78, 5) is 1.74. The minimum Gasteiger partial charge on any atom is -0.377 e. The van der Waals surface area contributed by atoms with Gasteiger partial charge in [0, 0.05) is 25.4 Å². The van der Waals surface area contributed by atoms with Crippen molar-refractivity contribution < 1.29 is 21.9 Å². The van der Waals surface area contributed by atoms with Crippen LogP contribution in [0.5, 0.6) is 0 Å². The highest BCUT2D eigenvalue weighted by Gasteiger charge is 2.27. The van der Waals surface area contributed by atoms with Gasteiger partial charge in [0.2, 0.25) is 9.84 Å². The molecule has 1 saturated heterocycles. The van der Waals surface area contributed by atoms with Crippen molar-refractivity contribution in [1.29, 1.82) is 0 Å². The summed E-state index contributed by atoms with van der Waals surface area (Å²) in [5, 5.41) is 0. The summed E-state index contributed by atoms with van der Waals surface area (Å²) >= 11 is 0. The molecule has 0 saturated carbocycles. The summed E-state index contributed by atoms with van der Waals surface area (Å²) in [6, 6.07) is 5.62. The number of rotatable bonds is 5. The zero-order valence-corrected chi connectivity index (χ0v) is 12.7. The summed E-state index contributed by atoms with van der Waals surface area (Å²) < 4.78 is 53.3. The lowest BCUT2D eigenvalue weighted by Gasteiger charge is -2.34. The van der Waals surface area contributed by atoms with E-state index in [9.17, 15) is 17.2 Å². The van der Waals surface area contributed by atoms with Crippen LogP contribution in [0.4, 0.5) is 14.5 Å². The van der Waals surface area contributed by atoms with Crippen molar-refractivity contribution in [3.63, 3.8) is 0 Å². The first-order chi connectivity index (χ1) is 9.95. The van der Waals surface area contributed by atoms with Gasteiger partial charge in [0.1, 0.15) is 0 Å². The molecule has 0 aliphatic carbocycles. The minimum atomic E-state index is -4.52. The summed E-state index contributed by atoms with van der Waals surface area (Å²) in [5.41, 5.74) is 0.826. The second-order valence-corrected chi connectivity index (χ2v) is 6.88. The molecule has 1 fully saturated rings. The Morgan fingerprint density at radius 2 is 2.00 bits per heavy atom. The molecule has 1 unspecified atom stereocenters. The molecule has 1 heterocycles. The van der Waals surface area contributed by atoms with E-state index in [4.69, 9.17) is 4.74 Å². The number of piperidine rings is 1. The van der Waals surface area contributed by atoms with Crippen LogP contribution in [0.15, 0.2) is 29.2 Å². The SMILES string of the molecule is CCOC1CCCN(c2ccc(S(=O)(=O)C(F)F)cc2)C1. The van der Waals surface area contributed by atoms with Gasteiger partial charge in [-0.05, 0) is 44.0 Å². The monoisotopic (exact) mass is 319 g/mol. The summed E-state index contributed by atoms with van der Waals surface area (Å²) in [6.07, 6.45) is 2.15. The molecule has 0 spiro atoms. The maximum atomic E-state index is 12.5. The highest BCUT2D eigenvalue weighted by Crippen LogP contribution is 2.25. The van der Waals surface area contributed by atoms with E-state index in [0.29, 0.717) is 6.61 Å². The molecule has 2 rings (SSSR count). The number of hydrogen-bond acceptors (Lipinski definition) is 4. The van der Waals surface area contributed by atoms with Crippen LogP contribution in [0, 0.1) is 0 Å². The zero-order chi connectivity index (χ0) is 15.5. The highest BCUT2D eigenvalue weighted by atomic mass is 32.2. The first-order valence-corrected chi connectivity index (χ1v) is 8.48. The van der Waals surface area contributed by atoms with Crippen molar-refractivity contribution in [3.05, 3.63) is 24.3 Å². The van der Waals surface area contributed by atoms with Crippen LogP contribution in [0.2, 0.25) is 0 Å². The number of anilines is 1. The van der Waals surface area contributed by atoms with Gasteiger partial charge in [-0.3, -0.25) is 0 Å². The maximum absolute atomic E-state index is 12.5. The van der Waals surface area contributed by atoms with Gasteiger partial charge in [-0.1, -0.05) is 0 Å². The van der Waals surface area contributed by atoms with E-state index < -0.39 is 15.6 Å². The number of sulfone groups is 1. The Kier molecular flexibility index (Phi) is 5.16. The molecule has 21 heavy (non-hydrogen) atoms. The first-order valence-electron chi connectivity index (χ1n) is 6.94. The van der Waals surface area contributed by atoms with Gasteiger partial charge in [-0.2, -0.15) is 8.78 Å². The van der Waals surface area contributed by atoms with Crippen molar-refractivity contribution in [2.45, 2.75) is 36.5 Å². The Bertz CT molecular complexity index is 558. The molecule has 1 aliphatic rings. The molecule has 1 atom stereocenters. The van der Waals surface area contributed by atoms with Crippen molar-refractivity contribution in [2.75, 3.05) is 24.6 Å². The third kappa shape index (κ3) is 3.71. The largest absolute Gasteiger partial charge is 0.377 e. The number of nitrogens with zero attached hydrogens (tertiary/aromatic N) is 1. The molecule has 7 heteroatoms. The molecular weight excluding hydrogens is 300 g/mol. The molecule has 0 bridgehead atoms. The highest BCUT2D eigenvalue weighted by molar-refractivity contribution is 7.91.